The highest BCUT2D eigenvalue weighted by molar-refractivity contribution is 5.95. The number of hydrogen-bond donors (Lipinski definition) is 1. The Hall–Kier alpha value is -2.37. The number of carbonyl (C=O) groups is 1. The average molecular weight is 260 g/mol. The van der Waals surface area contributed by atoms with Crippen molar-refractivity contribution < 1.29 is 9.53 Å². The highest BCUT2D eigenvalue weighted by atomic mass is 16.5. The number of nitrogens with two attached hydrogens (primary N) is 1. The molecule has 0 spiro atoms. The predicted octanol–water partition coefficient (Wildman–Crippen LogP) is 1.37. The fourth-order valence-electron chi connectivity index (χ4n) is 1.64. The van der Waals surface area contributed by atoms with Crippen LogP contribution in [0.4, 0.5) is 5.69 Å². The lowest BCUT2D eigenvalue weighted by Crippen LogP contribution is -2.11. The maximum atomic E-state index is 11.9. The van der Waals surface area contributed by atoms with Crippen molar-refractivity contribution in [2.75, 3.05) is 5.73 Å². The summed E-state index contributed by atoms with van der Waals surface area (Å²) in [5.74, 6) is 0.903. The summed E-state index contributed by atoms with van der Waals surface area (Å²) in [5.41, 5.74) is 7.52. The van der Waals surface area contributed by atoms with Gasteiger partial charge in [-0.3, -0.25) is 0 Å². The molecule has 1 aromatic carbocycles. The Kier molecular flexibility index (Phi) is 3.50. The molecule has 2 rings (SSSR count). The van der Waals surface area contributed by atoms with Gasteiger partial charge in [0.15, 0.2) is 12.4 Å². The van der Waals surface area contributed by atoms with Crippen LogP contribution in [0.15, 0.2) is 18.2 Å². The van der Waals surface area contributed by atoms with E-state index >= 15 is 0 Å². The Morgan fingerprint density at radius 2 is 2.11 bits per heavy atom. The Bertz CT molecular complexity index is 619. The van der Waals surface area contributed by atoms with Crippen LogP contribution in [0.25, 0.3) is 0 Å². The second kappa shape index (κ2) is 5.09. The number of hydrogen-bond acceptors (Lipinski definition) is 5. The first-order chi connectivity index (χ1) is 9.00. The monoisotopic (exact) mass is 260 g/mol. The molecule has 0 fully saturated rings. The van der Waals surface area contributed by atoms with E-state index in [9.17, 15) is 4.79 Å². The molecular formula is C13H16N4O2. The Balaban J connectivity index is 2.10. The van der Waals surface area contributed by atoms with E-state index in [1.54, 1.807) is 16.7 Å². The van der Waals surface area contributed by atoms with Gasteiger partial charge < -0.3 is 15.0 Å². The number of para-hydroxylation sites is 1. The molecule has 1 aromatic heterocycles. The first kappa shape index (κ1) is 13.1. The molecule has 0 saturated heterocycles. The van der Waals surface area contributed by atoms with Gasteiger partial charge in [-0.25, -0.2) is 4.79 Å². The van der Waals surface area contributed by atoms with E-state index in [1.165, 1.54) is 0 Å². The predicted molar refractivity (Wildman–Crippen MR) is 70.5 cm³/mol. The lowest BCUT2D eigenvalue weighted by Gasteiger charge is -2.08. The van der Waals surface area contributed by atoms with Crippen LogP contribution in [0.5, 0.6) is 0 Å². The van der Waals surface area contributed by atoms with Crippen molar-refractivity contribution in [3.63, 3.8) is 0 Å². The number of nitrogen functional groups attached to an aromatic ring is 1. The van der Waals surface area contributed by atoms with Crippen molar-refractivity contribution in [3.05, 3.63) is 41.0 Å². The Morgan fingerprint density at radius 1 is 1.37 bits per heavy atom. The molecule has 2 aromatic rings. The number of ether oxygens (including phenoxy) is 1. The molecular weight excluding hydrogens is 244 g/mol. The molecule has 6 nitrogen and oxygen atoms in total. The van der Waals surface area contributed by atoms with Gasteiger partial charge in [0.2, 0.25) is 0 Å². The number of carbonyl (C=O) groups excluding carboxylic acids is 1. The van der Waals surface area contributed by atoms with Gasteiger partial charge in [0.05, 0.1) is 5.56 Å². The summed E-state index contributed by atoms with van der Waals surface area (Å²) in [7, 11) is 1.82. The molecule has 100 valence electrons. The van der Waals surface area contributed by atoms with Crippen molar-refractivity contribution in [1.82, 2.24) is 14.8 Å². The molecule has 0 aliphatic heterocycles. The zero-order valence-electron chi connectivity index (χ0n) is 11.2. The van der Waals surface area contributed by atoms with Crippen molar-refractivity contribution in [3.8, 4) is 0 Å². The molecule has 0 aliphatic carbocycles. The lowest BCUT2D eigenvalue weighted by molar-refractivity contribution is 0.0460. The molecule has 0 aliphatic rings. The standard InChI is InChI=1S/C13H16N4O2/c1-8-5-4-6-10(12(8)14)13(18)19-7-11-16-15-9(2)17(11)3/h4-6H,7,14H2,1-3H3. The van der Waals surface area contributed by atoms with Crippen LogP contribution in [0.1, 0.15) is 27.6 Å². The number of aryl methyl sites for hydroxylation is 2. The third kappa shape index (κ3) is 2.57. The quantitative estimate of drug-likeness (QED) is 0.665. The number of esters is 1. The first-order valence-electron chi connectivity index (χ1n) is 5.87. The van der Waals surface area contributed by atoms with Gasteiger partial charge in [-0.15, -0.1) is 10.2 Å². The average Bonchev–Trinajstić information content (AvgIpc) is 2.70. The highest BCUT2D eigenvalue weighted by Crippen LogP contribution is 2.17. The highest BCUT2D eigenvalue weighted by Gasteiger charge is 2.14. The minimum absolute atomic E-state index is 0.0730. The molecule has 0 bridgehead atoms. The molecule has 0 saturated carbocycles. The van der Waals surface area contributed by atoms with E-state index in [0.717, 1.165) is 11.4 Å². The van der Waals surface area contributed by atoms with E-state index in [2.05, 4.69) is 10.2 Å². The number of rotatable bonds is 3. The van der Waals surface area contributed by atoms with Gasteiger partial charge >= 0.3 is 5.97 Å². The first-order valence-corrected chi connectivity index (χ1v) is 5.87. The number of anilines is 1. The van der Waals surface area contributed by atoms with E-state index in [4.69, 9.17) is 10.5 Å². The van der Waals surface area contributed by atoms with E-state index < -0.39 is 5.97 Å². The fraction of sp³-hybridized carbons (Fsp3) is 0.308. The molecule has 6 heteroatoms. The Labute approximate surface area is 111 Å². The smallest absolute Gasteiger partial charge is 0.340 e. The lowest BCUT2D eigenvalue weighted by atomic mass is 10.1. The largest absolute Gasteiger partial charge is 0.454 e. The van der Waals surface area contributed by atoms with E-state index in [1.807, 2.05) is 27.0 Å². The van der Waals surface area contributed by atoms with Crippen LogP contribution >= 0.6 is 0 Å². The van der Waals surface area contributed by atoms with Crippen LogP contribution in [-0.4, -0.2) is 20.7 Å². The summed E-state index contributed by atoms with van der Waals surface area (Å²) < 4.78 is 6.97. The molecule has 2 N–H and O–H groups in total. The summed E-state index contributed by atoms with van der Waals surface area (Å²) in [4.78, 5) is 11.9. The molecule has 0 radical (unpaired) electrons. The second-order valence-electron chi connectivity index (χ2n) is 4.33. The van der Waals surface area contributed by atoms with Gasteiger partial charge in [0.25, 0.3) is 0 Å². The van der Waals surface area contributed by atoms with Gasteiger partial charge in [-0.05, 0) is 25.5 Å². The molecule has 1 heterocycles. The topological polar surface area (TPSA) is 83.0 Å². The van der Waals surface area contributed by atoms with E-state index in [-0.39, 0.29) is 6.61 Å². The number of nitrogens with zero attached hydrogens (tertiary/aromatic N) is 3. The van der Waals surface area contributed by atoms with Gasteiger partial charge in [0.1, 0.15) is 5.82 Å². The zero-order valence-corrected chi connectivity index (χ0v) is 11.2. The van der Waals surface area contributed by atoms with Crippen LogP contribution < -0.4 is 5.73 Å². The van der Waals surface area contributed by atoms with E-state index in [0.29, 0.717) is 17.1 Å². The molecule has 0 atom stereocenters. The van der Waals surface area contributed by atoms with Crippen molar-refractivity contribution in [1.29, 1.82) is 0 Å². The van der Waals surface area contributed by atoms with Crippen molar-refractivity contribution >= 4 is 11.7 Å². The summed E-state index contributed by atoms with van der Waals surface area (Å²) in [6, 6.07) is 5.26. The van der Waals surface area contributed by atoms with Crippen LogP contribution in [-0.2, 0) is 18.4 Å². The van der Waals surface area contributed by atoms with Crippen molar-refractivity contribution in [2.24, 2.45) is 7.05 Å². The minimum Gasteiger partial charge on any atom is -0.454 e. The second-order valence-corrected chi connectivity index (χ2v) is 4.33. The Morgan fingerprint density at radius 3 is 2.74 bits per heavy atom. The summed E-state index contributed by atoms with van der Waals surface area (Å²) >= 11 is 0. The van der Waals surface area contributed by atoms with Gasteiger partial charge in [-0.1, -0.05) is 12.1 Å². The minimum atomic E-state index is -0.457. The van der Waals surface area contributed by atoms with Gasteiger partial charge in [0, 0.05) is 12.7 Å². The SMILES string of the molecule is Cc1cccc(C(=O)OCc2nnc(C)n2C)c1N. The molecule has 19 heavy (non-hydrogen) atoms. The maximum Gasteiger partial charge on any atom is 0.340 e. The van der Waals surface area contributed by atoms with Crippen LogP contribution in [0, 0.1) is 13.8 Å². The normalized spacial score (nSPS) is 10.5. The zero-order chi connectivity index (χ0) is 14.0. The number of benzene rings is 1. The third-order valence-corrected chi connectivity index (χ3v) is 3.06. The maximum absolute atomic E-state index is 11.9. The summed E-state index contributed by atoms with van der Waals surface area (Å²) in [5, 5.41) is 7.82. The van der Waals surface area contributed by atoms with Gasteiger partial charge in [-0.2, -0.15) is 0 Å². The van der Waals surface area contributed by atoms with Crippen molar-refractivity contribution in [2.45, 2.75) is 20.5 Å². The summed E-state index contributed by atoms with van der Waals surface area (Å²) in [6.07, 6.45) is 0. The molecule has 0 amide bonds. The number of aromatic nitrogens is 3. The third-order valence-electron chi connectivity index (χ3n) is 3.06. The van der Waals surface area contributed by atoms with Crippen LogP contribution in [0.2, 0.25) is 0 Å². The fourth-order valence-corrected chi connectivity index (χ4v) is 1.64. The van der Waals surface area contributed by atoms with Crippen LogP contribution in [0.3, 0.4) is 0 Å². The molecule has 0 unspecified atom stereocenters. The summed E-state index contributed by atoms with van der Waals surface area (Å²) in [6.45, 7) is 3.75.